The predicted octanol–water partition coefficient (Wildman–Crippen LogP) is 5.97. The maximum absolute atomic E-state index is 15.0. The van der Waals surface area contributed by atoms with E-state index in [0.29, 0.717) is 18.8 Å². The van der Waals surface area contributed by atoms with E-state index >= 15 is 4.39 Å². The molecular weight excluding hydrogens is 605 g/mol. The van der Waals surface area contributed by atoms with Gasteiger partial charge in [0.2, 0.25) is 11.8 Å². The number of halogens is 1. The molecule has 0 bridgehead atoms. The van der Waals surface area contributed by atoms with Crippen molar-refractivity contribution >= 4 is 27.5 Å². The van der Waals surface area contributed by atoms with E-state index in [2.05, 4.69) is 5.32 Å². The lowest BCUT2D eigenvalue weighted by atomic mass is 10.0. The van der Waals surface area contributed by atoms with E-state index in [1.807, 2.05) is 51.1 Å². The van der Waals surface area contributed by atoms with Crippen molar-refractivity contribution < 1.29 is 27.1 Å². The van der Waals surface area contributed by atoms with E-state index < -0.39 is 40.2 Å². The second kappa shape index (κ2) is 16.0. The highest BCUT2D eigenvalue weighted by Crippen LogP contribution is 2.26. The molecule has 0 spiro atoms. The summed E-state index contributed by atoms with van der Waals surface area (Å²) in [6, 6.07) is 28.3. The molecular formula is C36H40FN3O5S. The highest BCUT2D eigenvalue weighted by atomic mass is 32.2. The van der Waals surface area contributed by atoms with E-state index in [0.717, 1.165) is 9.87 Å². The van der Waals surface area contributed by atoms with Crippen molar-refractivity contribution in [3.8, 4) is 5.75 Å². The number of hydrogen-bond donors (Lipinski definition) is 1. The first-order valence-corrected chi connectivity index (χ1v) is 16.8. The third-order valence-electron chi connectivity index (χ3n) is 7.62. The van der Waals surface area contributed by atoms with Gasteiger partial charge in [0.25, 0.3) is 10.0 Å². The number of amides is 2. The molecule has 10 heteroatoms. The summed E-state index contributed by atoms with van der Waals surface area (Å²) in [7, 11) is -4.27. The molecule has 0 radical (unpaired) electrons. The van der Waals surface area contributed by atoms with E-state index in [1.54, 1.807) is 60.7 Å². The van der Waals surface area contributed by atoms with Crippen LogP contribution in [0.25, 0.3) is 0 Å². The molecule has 2 atom stereocenters. The van der Waals surface area contributed by atoms with Crippen molar-refractivity contribution in [2.24, 2.45) is 0 Å². The molecule has 0 aliphatic carbocycles. The number of rotatable bonds is 15. The summed E-state index contributed by atoms with van der Waals surface area (Å²) in [6.45, 7) is 5.17. The van der Waals surface area contributed by atoms with Crippen molar-refractivity contribution in [3.63, 3.8) is 0 Å². The van der Waals surface area contributed by atoms with Gasteiger partial charge in [-0.2, -0.15) is 0 Å². The van der Waals surface area contributed by atoms with Gasteiger partial charge in [-0.25, -0.2) is 12.8 Å². The van der Waals surface area contributed by atoms with Crippen molar-refractivity contribution in [2.75, 3.05) is 17.5 Å². The van der Waals surface area contributed by atoms with Gasteiger partial charge in [0, 0.05) is 24.6 Å². The zero-order valence-corrected chi connectivity index (χ0v) is 27.1. The Morgan fingerprint density at radius 3 is 2.07 bits per heavy atom. The Kier molecular flexibility index (Phi) is 11.9. The number of sulfonamides is 1. The fourth-order valence-electron chi connectivity index (χ4n) is 4.93. The van der Waals surface area contributed by atoms with Crippen LogP contribution in [0.2, 0.25) is 0 Å². The molecule has 0 aliphatic heterocycles. The maximum atomic E-state index is 15.0. The van der Waals surface area contributed by atoms with Crippen LogP contribution in [0.5, 0.6) is 5.75 Å². The second-order valence-corrected chi connectivity index (χ2v) is 12.8. The quantitative estimate of drug-likeness (QED) is 0.172. The number of carbonyl (C=O) groups excluding carboxylic acids is 2. The van der Waals surface area contributed by atoms with Crippen LogP contribution in [0.3, 0.4) is 0 Å². The van der Waals surface area contributed by atoms with Crippen molar-refractivity contribution in [3.05, 3.63) is 126 Å². The largest absolute Gasteiger partial charge is 0.494 e. The molecule has 46 heavy (non-hydrogen) atoms. The van der Waals surface area contributed by atoms with Gasteiger partial charge in [-0.15, -0.1) is 0 Å². The Bertz CT molecular complexity index is 1690. The minimum absolute atomic E-state index is 0.0383. The van der Waals surface area contributed by atoms with Crippen LogP contribution in [0.4, 0.5) is 10.1 Å². The zero-order valence-electron chi connectivity index (χ0n) is 26.3. The molecule has 0 unspecified atom stereocenters. The summed E-state index contributed by atoms with van der Waals surface area (Å²) in [5.41, 5.74) is 1.25. The third-order valence-corrected chi connectivity index (χ3v) is 9.40. The van der Waals surface area contributed by atoms with Gasteiger partial charge in [-0.05, 0) is 68.3 Å². The van der Waals surface area contributed by atoms with Crippen LogP contribution in [-0.2, 0) is 32.6 Å². The summed E-state index contributed by atoms with van der Waals surface area (Å²) in [5.74, 6) is -1.11. The summed E-state index contributed by atoms with van der Waals surface area (Å²) in [5, 5.41) is 2.97. The number of para-hydroxylation sites is 1. The summed E-state index contributed by atoms with van der Waals surface area (Å²) < 4.78 is 49.8. The normalized spacial score (nSPS) is 12.5. The Morgan fingerprint density at radius 2 is 1.46 bits per heavy atom. The van der Waals surface area contributed by atoms with Crippen LogP contribution in [0.1, 0.15) is 38.3 Å². The van der Waals surface area contributed by atoms with E-state index in [-0.39, 0.29) is 35.2 Å². The molecule has 2 amide bonds. The molecule has 4 aromatic rings. The van der Waals surface area contributed by atoms with Gasteiger partial charge in [0.15, 0.2) is 0 Å². The number of nitrogens with zero attached hydrogens (tertiary/aromatic N) is 2. The minimum Gasteiger partial charge on any atom is -0.494 e. The first-order valence-electron chi connectivity index (χ1n) is 15.3. The Morgan fingerprint density at radius 1 is 0.848 bits per heavy atom. The van der Waals surface area contributed by atoms with Crippen LogP contribution >= 0.6 is 0 Å². The summed E-state index contributed by atoms with van der Waals surface area (Å²) >= 11 is 0. The highest BCUT2D eigenvalue weighted by Gasteiger charge is 2.35. The van der Waals surface area contributed by atoms with Crippen LogP contribution in [0.15, 0.2) is 114 Å². The fraction of sp³-hybridized carbons (Fsp3) is 0.278. The van der Waals surface area contributed by atoms with Crippen molar-refractivity contribution in [1.29, 1.82) is 0 Å². The summed E-state index contributed by atoms with van der Waals surface area (Å²) in [4.78, 5) is 29.5. The minimum atomic E-state index is -4.27. The lowest BCUT2D eigenvalue weighted by Crippen LogP contribution is -2.54. The molecule has 0 saturated heterocycles. The van der Waals surface area contributed by atoms with Gasteiger partial charge < -0.3 is 15.0 Å². The second-order valence-electron chi connectivity index (χ2n) is 10.9. The van der Waals surface area contributed by atoms with Crippen LogP contribution < -0.4 is 14.4 Å². The fourth-order valence-corrected chi connectivity index (χ4v) is 6.34. The molecule has 4 aromatic carbocycles. The lowest BCUT2D eigenvalue weighted by molar-refractivity contribution is -0.140. The third kappa shape index (κ3) is 8.72. The first kappa shape index (κ1) is 34.2. The number of benzene rings is 4. The Labute approximate surface area is 270 Å². The van der Waals surface area contributed by atoms with Crippen molar-refractivity contribution in [1.82, 2.24) is 10.2 Å². The van der Waals surface area contributed by atoms with Gasteiger partial charge in [-0.1, -0.05) is 73.7 Å². The van der Waals surface area contributed by atoms with Crippen molar-refractivity contribution in [2.45, 2.75) is 57.1 Å². The highest BCUT2D eigenvalue weighted by molar-refractivity contribution is 7.92. The number of nitrogens with one attached hydrogen (secondary N) is 1. The number of anilines is 1. The monoisotopic (exact) mass is 645 g/mol. The zero-order chi connectivity index (χ0) is 33.1. The number of carbonyl (C=O) groups is 2. The lowest BCUT2D eigenvalue weighted by Gasteiger charge is -2.34. The van der Waals surface area contributed by atoms with Crippen LogP contribution in [-0.4, -0.2) is 50.4 Å². The molecule has 0 fully saturated rings. The molecule has 0 aromatic heterocycles. The van der Waals surface area contributed by atoms with E-state index in [1.165, 1.54) is 23.1 Å². The maximum Gasteiger partial charge on any atom is 0.264 e. The van der Waals surface area contributed by atoms with E-state index in [4.69, 9.17) is 4.74 Å². The topological polar surface area (TPSA) is 96.0 Å². The first-order chi connectivity index (χ1) is 22.1. The molecule has 8 nitrogen and oxygen atoms in total. The summed E-state index contributed by atoms with van der Waals surface area (Å²) in [6.07, 6.45) is 0.799. The molecule has 0 aliphatic rings. The van der Waals surface area contributed by atoms with Gasteiger partial charge in [-0.3, -0.25) is 13.9 Å². The molecule has 242 valence electrons. The average molecular weight is 646 g/mol. The van der Waals surface area contributed by atoms with Gasteiger partial charge >= 0.3 is 0 Å². The van der Waals surface area contributed by atoms with E-state index in [9.17, 15) is 18.0 Å². The molecule has 4 rings (SSSR count). The number of ether oxygens (including phenoxy) is 1. The molecule has 0 saturated carbocycles. The predicted molar refractivity (Wildman–Crippen MR) is 177 cm³/mol. The molecule has 1 N–H and O–H groups in total. The van der Waals surface area contributed by atoms with Gasteiger partial charge in [0.05, 0.1) is 17.2 Å². The standard InChI is InChI=1S/C36H40FN3O5S/c1-4-27(3)38-36(42)34(24-28-14-8-6-9-15-28)39(25-29-16-12-13-19-33(29)37)35(41)26-40(30-17-10-7-11-18-30)46(43,44)32-22-20-31(21-23-32)45-5-2/h6-23,27,34H,4-5,24-26H2,1-3H3,(H,38,42)/t27-,34-/m0/s1. The van der Waals surface area contributed by atoms with Crippen LogP contribution in [0, 0.1) is 5.82 Å². The Hall–Kier alpha value is -4.70. The smallest absolute Gasteiger partial charge is 0.264 e. The molecule has 0 heterocycles. The Balaban J connectivity index is 1.79. The average Bonchev–Trinajstić information content (AvgIpc) is 3.07. The number of hydrogen-bond acceptors (Lipinski definition) is 5. The van der Waals surface area contributed by atoms with Gasteiger partial charge in [0.1, 0.15) is 24.2 Å². The SMILES string of the molecule is CCOc1ccc(S(=O)(=O)N(CC(=O)N(Cc2ccccc2F)[C@@H](Cc2ccccc2)C(=O)N[C@@H](C)CC)c2ccccc2)cc1.